The Morgan fingerprint density at radius 3 is 2.85 bits per heavy atom. The zero-order valence-electron chi connectivity index (χ0n) is 18.3. The molecule has 174 valence electrons. The number of benzene rings is 1. The van der Waals surface area contributed by atoms with Gasteiger partial charge in [0.2, 0.25) is 0 Å². The minimum atomic E-state index is -2.53. The van der Waals surface area contributed by atoms with Crippen molar-refractivity contribution < 1.29 is 13.6 Å². The molecule has 1 unspecified atom stereocenters. The van der Waals surface area contributed by atoms with Crippen molar-refractivity contribution in [3.63, 3.8) is 0 Å². The molecule has 1 amide bonds. The maximum Gasteiger partial charge on any atom is 0.270 e. The van der Waals surface area contributed by atoms with E-state index in [1.54, 1.807) is 35.2 Å². The van der Waals surface area contributed by atoms with E-state index < -0.39 is 12.5 Å². The number of hydrogen-bond acceptors (Lipinski definition) is 6. The van der Waals surface area contributed by atoms with Crippen LogP contribution < -0.4 is 10.9 Å². The predicted molar refractivity (Wildman–Crippen MR) is 120 cm³/mol. The van der Waals surface area contributed by atoms with Crippen molar-refractivity contribution in [2.75, 3.05) is 26.3 Å². The van der Waals surface area contributed by atoms with Crippen LogP contribution in [-0.2, 0) is 13.0 Å². The Kier molecular flexibility index (Phi) is 7.05. The van der Waals surface area contributed by atoms with Gasteiger partial charge in [-0.1, -0.05) is 19.1 Å². The zero-order valence-corrected chi connectivity index (χ0v) is 18.3. The van der Waals surface area contributed by atoms with E-state index >= 15 is 0 Å². The van der Waals surface area contributed by atoms with Crippen LogP contribution in [0.5, 0.6) is 0 Å². The van der Waals surface area contributed by atoms with E-state index in [1.807, 2.05) is 17.9 Å². The van der Waals surface area contributed by atoms with E-state index in [2.05, 4.69) is 20.3 Å². The first-order valence-corrected chi connectivity index (χ1v) is 10.9. The van der Waals surface area contributed by atoms with Gasteiger partial charge in [0.1, 0.15) is 11.4 Å². The first-order valence-electron chi connectivity index (χ1n) is 10.9. The number of nitrogens with one attached hydrogen (secondary N) is 2. The number of nitrogens with zero attached hydrogens (tertiary/aromatic N) is 4. The number of H-pyrrole nitrogens is 1. The number of aryl methyl sites for hydroxylation is 1. The molecule has 1 aromatic carbocycles. The topological polar surface area (TPSA) is 94.2 Å². The summed E-state index contributed by atoms with van der Waals surface area (Å²) in [6.07, 6.45) is -0.467. The number of amides is 1. The molecule has 33 heavy (non-hydrogen) atoms. The van der Waals surface area contributed by atoms with Crippen molar-refractivity contribution >= 4 is 16.9 Å². The number of piperazine rings is 1. The summed E-state index contributed by atoms with van der Waals surface area (Å²) < 4.78 is 27.8. The van der Waals surface area contributed by atoms with Crippen molar-refractivity contribution in [3.8, 4) is 0 Å². The number of carbonyl (C=O) groups is 1. The number of carbonyl (C=O) groups excluding carboxylic acids is 1. The summed E-state index contributed by atoms with van der Waals surface area (Å²) in [6.45, 7) is 3.47. The van der Waals surface area contributed by atoms with Crippen molar-refractivity contribution in [1.82, 2.24) is 30.1 Å². The largest absolute Gasteiger partial charge is 0.338 e. The number of halogens is 2. The summed E-state index contributed by atoms with van der Waals surface area (Å²) in [5.41, 5.74) is 2.63. The van der Waals surface area contributed by atoms with Gasteiger partial charge in [-0.05, 0) is 36.2 Å². The highest BCUT2D eigenvalue weighted by atomic mass is 19.3. The second-order valence-electron chi connectivity index (χ2n) is 8.05. The summed E-state index contributed by atoms with van der Waals surface area (Å²) in [5.74, 6) is -0.336. The number of alkyl halides is 2. The van der Waals surface area contributed by atoms with Gasteiger partial charge in [-0.2, -0.15) is 0 Å². The minimum absolute atomic E-state index is 0.131. The second-order valence-corrected chi connectivity index (χ2v) is 8.05. The van der Waals surface area contributed by atoms with Gasteiger partial charge in [-0.15, -0.1) is 0 Å². The molecule has 10 heteroatoms. The van der Waals surface area contributed by atoms with Gasteiger partial charge >= 0.3 is 0 Å². The maximum absolute atomic E-state index is 13.9. The standard InChI is InChI=1S/C23H26F2N6O2/c1-2-16-23(33)29-19-11-15(6-7-17(19)28-16)12-31-10-9-30(13-20(31)21(24)25)14-27-22(32)18-5-3-4-8-26-18/h3-8,11,20-21H,2,9-10,12-14H2,1H3,(H,27,32)(H,29,33). The summed E-state index contributed by atoms with van der Waals surface area (Å²) in [4.78, 5) is 39.0. The lowest BCUT2D eigenvalue weighted by atomic mass is 10.1. The first kappa shape index (κ1) is 22.9. The average Bonchev–Trinajstić information content (AvgIpc) is 2.83. The van der Waals surface area contributed by atoms with Crippen LogP contribution in [0.2, 0.25) is 0 Å². The Bertz CT molecular complexity index is 1170. The van der Waals surface area contributed by atoms with Gasteiger partial charge in [0.25, 0.3) is 17.9 Å². The van der Waals surface area contributed by atoms with Crippen LogP contribution in [0.3, 0.4) is 0 Å². The number of rotatable bonds is 7. The molecule has 3 aromatic rings. The van der Waals surface area contributed by atoms with Crippen LogP contribution in [0.1, 0.15) is 28.7 Å². The quantitative estimate of drug-likeness (QED) is 0.565. The molecule has 1 aliphatic heterocycles. The molecule has 1 atom stereocenters. The Morgan fingerprint density at radius 1 is 1.27 bits per heavy atom. The van der Waals surface area contributed by atoms with Crippen molar-refractivity contribution in [3.05, 3.63) is 69.9 Å². The molecule has 3 heterocycles. The second kappa shape index (κ2) is 10.1. The van der Waals surface area contributed by atoms with Crippen LogP contribution in [0.4, 0.5) is 8.78 Å². The zero-order chi connectivity index (χ0) is 23.4. The number of hydrogen-bond donors (Lipinski definition) is 2. The Labute approximate surface area is 189 Å². The van der Waals surface area contributed by atoms with Crippen LogP contribution in [0, 0.1) is 0 Å². The normalized spacial score (nSPS) is 17.5. The van der Waals surface area contributed by atoms with E-state index in [1.165, 1.54) is 6.20 Å². The highest BCUT2D eigenvalue weighted by molar-refractivity contribution is 5.92. The molecule has 8 nitrogen and oxygen atoms in total. The Hall–Kier alpha value is -3.24. The fraction of sp³-hybridized carbons (Fsp3) is 0.391. The smallest absolute Gasteiger partial charge is 0.270 e. The highest BCUT2D eigenvalue weighted by Gasteiger charge is 2.33. The number of aromatic nitrogens is 3. The van der Waals surface area contributed by atoms with Crippen LogP contribution in [0.25, 0.3) is 11.0 Å². The Balaban J connectivity index is 1.40. The van der Waals surface area contributed by atoms with Crippen LogP contribution >= 0.6 is 0 Å². The monoisotopic (exact) mass is 456 g/mol. The average molecular weight is 456 g/mol. The molecule has 1 fully saturated rings. The molecular formula is C23H26F2N6O2. The van der Waals surface area contributed by atoms with Crippen molar-refractivity contribution in [2.45, 2.75) is 32.4 Å². The van der Waals surface area contributed by atoms with Gasteiger partial charge in [0, 0.05) is 32.4 Å². The van der Waals surface area contributed by atoms with Gasteiger partial charge < -0.3 is 10.3 Å². The summed E-state index contributed by atoms with van der Waals surface area (Å²) in [5, 5.41) is 2.75. The lowest BCUT2D eigenvalue weighted by Gasteiger charge is -2.41. The highest BCUT2D eigenvalue weighted by Crippen LogP contribution is 2.20. The minimum Gasteiger partial charge on any atom is -0.338 e. The molecule has 0 spiro atoms. The van der Waals surface area contributed by atoms with Gasteiger partial charge in [0.05, 0.1) is 23.7 Å². The third kappa shape index (κ3) is 5.40. The van der Waals surface area contributed by atoms with E-state index in [9.17, 15) is 18.4 Å². The molecule has 0 radical (unpaired) electrons. The summed E-state index contributed by atoms with van der Waals surface area (Å²) >= 11 is 0. The molecule has 0 bridgehead atoms. The van der Waals surface area contributed by atoms with Crippen LogP contribution in [0.15, 0.2) is 47.4 Å². The Morgan fingerprint density at radius 2 is 2.12 bits per heavy atom. The lowest BCUT2D eigenvalue weighted by molar-refractivity contribution is -0.0291. The van der Waals surface area contributed by atoms with Crippen molar-refractivity contribution in [2.24, 2.45) is 0 Å². The molecular weight excluding hydrogens is 430 g/mol. The van der Waals surface area contributed by atoms with Crippen molar-refractivity contribution in [1.29, 1.82) is 0 Å². The first-order chi connectivity index (χ1) is 15.9. The molecule has 2 aromatic heterocycles. The molecule has 2 N–H and O–H groups in total. The summed E-state index contributed by atoms with van der Waals surface area (Å²) in [6, 6.07) is 9.52. The number of fused-ring (bicyclic) bond motifs is 1. The molecule has 0 aliphatic carbocycles. The van der Waals surface area contributed by atoms with E-state index in [0.29, 0.717) is 42.8 Å². The molecule has 1 aliphatic rings. The van der Waals surface area contributed by atoms with Crippen LogP contribution in [-0.4, -0.2) is 69.4 Å². The van der Waals surface area contributed by atoms with Gasteiger partial charge in [-0.25, -0.2) is 13.8 Å². The van der Waals surface area contributed by atoms with E-state index in [0.717, 1.165) is 5.56 Å². The fourth-order valence-electron chi connectivity index (χ4n) is 4.00. The van der Waals surface area contributed by atoms with E-state index in [4.69, 9.17) is 0 Å². The number of aromatic amines is 1. The van der Waals surface area contributed by atoms with E-state index in [-0.39, 0.29) is 30.4 Å². The molecule has 1 saturated heterocycles. The SMILES string of the molecule is CCc1nc2ccc(CN3CCN(CNC(=O)c4ccccn4)CC3C(F)F)cc2[nH]c1=O. The fourth-order valence-corrected chi connectivity index (χ4v) is 4.00. The molecule has 0 saturated carbocycles. The number of pyridine rings is 1. The lowest BCUT2D eigenvalue weighted by Crippen LogP contribution is -2.57. The molecule has 4 rings (SSSR count). The summed E-state index contributed by atoms with van der Waals surface area (Å²) in [7, 11) is 0. The predicted octanol–water partition coefficient (Wildman–Crippen LogP) is 2.02. The third-order valence-corrected chi connectivity index (χ3v) is 5.82. The van der Waals surface area contributed by atoms with Gasteiger partial charge in [-0.3, -0.25) is 24.4 Å². The maximum atomic E-state index is 13.9. The van der Waals surface area contributed by atoms with Gasteiger partial charge in [0.15, 0.2) is 0 Å². The third-order valence-electron chi connectivity index (χ3n) is 5.82.